The fourth-order valence-corrected chi connectivity index (χ4v) is 3.60. The predicted octanol–water partition coefficient (Wildman–Crippen LogP) is 2.46. The van der Waals surface area contributed by atoms with Crippen molar-refractivity contribution in [2.24, 2.45) is 5.92 Å². The second-order valence-electron chi connectivity index (χ2n) is 5.27. The van der Waals surface area contributed by atoms with Crippen LogP contribution in [0.4, 0.5) is 0 Å². The molecule has 0 amide bonds. The number of rotatable bonds is 5. The maximum Gasteiger partial charge on any atom is 0.327 e. The molecule has 0 aliphatic carbocycles. The van der Waals surface area contributed by atoms with E-state index in [0.717, 1.165) is 30.8 Å². The van der Waals surface area contributed by atoms with Crippen LogP contribution in [0.5, 0.6) is 0 Å². The molecule has 1 aliphatic rings. The maximum atomic E-state index is 12.2. The molecular weight excluding hydrogens is 284 g/mol. The summed E-state index contributed by atoms with van der Waals surface area (Å²) in [5.74, 6) is 1.48. The van der Waals surface area contributed by atoms with Gasteiger partial charge in [-0.15, -0.1) is 0 Å². The van der Waals surface area contributed by atoms with E-state index in [9.17, 15) is 4.79 Å². The monoisotopic (exact) mass is 304 g/mol. The van der Waals surface area contributed by atoms with Crippen LogP contribution in [0.3, 0.4) is 0 Å². The van der Waals surface area contributed by atoms with Gasteiger partial charge in [-0.25, -0.2) is 4.79 Å². The number of esters is 1. The number of benzene rings is 1. The molecule has 0 saturated carbocycles. The summed E-state index contributed by atoms with van der Waals surface area (Å²) in [4.78, 5) is 14.4. The van der Waals surface area contributed by atoms with Gasteiger partial charge in [0.05, 0.1) is 18.7 Å². The molecule has 1 aromatic carbocycles. The standard InChI is InChI=1S/C16H20N2O2S/c1-20-16(19)15(14-5-3-4-12(8-14)9-17)18-7-6-13(10-18)11-21-2/h3-5,8,13,15H,6-7,10-11H2,1-2H3/t13-,15-/m1/s1. The zero-order valence-electron chi connectivity index (χ0n) is 12.4. The summed E-state index contributed by atoms with van der Waals surface area (Å²) in [6.45, 7) is 1.79. The Bertz CT molecular complexity index is 541. The first kappa shape index (κ1) is 15.9. The normalized spacial score (nSPS) is 20.0. The smallest absolute Gasteiger partial charge is 0.327 e. The molecule has 1 saturated heterocycles. The highest BCUT2D eigenvalue weighted by Gasteiger charge is 2.34. The minimum atomic E-state index is -0.407. The number of carbonyl (C=O) groups excluding carboxylic acids is 1. The van der Waals surface area contributed by atoms with Crippen molar-refractivity contribution in [3.05, 3.63) is 35.4 Å². The van der Waals surface area contributed by atoms with Gasteiger partial charge in [0.15, 0.2) is 0 Å². The van der Waals surface area contributed by atoms with Gasteiger partial charge in [0.25, 0.3) is 0 Å². The van der Waals surface area contributed by atoms with Crippen LogP contribution in [0.15, 0.2) is 24.3 Å². The van der Waals surface area contributed by atoms with E-state index in [1.165, 1.54) is 7.11 Å². The van der Waals surface area contributed by atoms with Crippen LogP contribution in [-0.4, -0.2) is 43.1 Å². The lowest BCUT2D eigenvalue weighted by Crippen LogP contribution is -2.33. The van der Waals surface area contributed by atoms with Crippen molar-refractivity contribution < 1.29 is 9.53 Å². The second-order valence-corrected chi connectivity index (χ2v) is 6.18. The molecule has 1 fully saturated rings. The lowest BCUT2D eigenvalue weighted by molar-refractivity contribution is -0.147. The first-order chi connectivity index (χ1) is 10.2. The van der Waals surface area contributed by atoms with Crippen molar-refractivity contribution >= 4 is 17.7 Å². The fourth-order valence-electron chi connectivity index (χ4n) is 2.85. The number of hydrogen-bond donors (Lipinski definition) is 0. The van der Waals surface area contributed by atoms with E-state index in [2.05, 4.69) is 17.2 Å². The van der Waals surface area contributed by atoms with Gasteiger partial charge in [-0.2, -0.15) is 17.0 Å². The van der Waals surface area contributed by atoms with Gasteiger partial charge in [0, 0.05) is 6.54 Å². The third-order valence-corrected chi connectivity index (χ3v) is 4.65. The summed E-state index contributed by atoms with van der Waals surface area (Å²) in [5, 5.41) is 9.03. The summed E-state index contributed by atoms with van der Waals surface area (Å²) >= 11 is 1.84. The van der Waals surface area contributed by atoms with E-state index in [4.69, 9.17) is 10.00 Å². The van der Waals surface area contributed by atoms with Gasteiger partial charge in [0.1, 0.15) is 6.04 Å². The summed E-state index contributed by atoms with van der Waals surface area (Å²) in [6, 6.07) is 8.96. The average Bonchev–Trinajstić information content (AvgIpc) is 2.96. The number of likely N-dealkylation sites (tertiary alicyclic amines) is 1. The molecule has 0 bridgehead atoms. The molecule has 1 heterocycles. The van der Waals surface area contributed by atoms with E-state index < -0.39 is 6.04 Å². The SMILES string of the molecule is COC(=O)[C@@H](c1cccc(C#N)c1)N1CC[C@@H](CSC)C1. The van der Waals surface area contributed by atoms with Crippen LogP contribution in [0, 0.1) is 17.2 Å². The molecule has 0 N–H and O–H groups in total. The zero-order chi connectivity index (χ0) is 15.2. The Labute approximate surface area is 130 Å². The summed E-state index contributed by atoms with van der Waals surface area (Å²) in [6.07, 6.45) is 3.21. The number of nitrogens with zero attached hydrogens (tertiary/aromatic N) is 2. The van der Waals surface area contributed by atoms with Crippen molar-refractivity contribution in [3.63, 3.8) is 0 Å². The largest absolute Gasteiger partial charge is 0.468 e. The predicted molar refractivity (Wildman–Crippen MR) is 84.0 cm³/mol. The zero-order valence-corrected chi connectivity index (χ0v) is 13.2. The Hall–Kier alpha value is -1.51. The van der Waals surface area contributed by atoms with Gasteiger partial charge in [0.2, 0.25) is 0 Å². The topological polar surface area (TPSA) is 53.3 Å². The molecule has 2 rings (SSSR count). The molecule has 21 heavy (non-hydrogen) atoms. The molecule has 0 radical (unpaired) electrons. The lowest BCUT2D eigenvalue weighted by Gasteiger charge is -2.26. The molecule has 1 aromatic rings. The molecule has 112 valence electrons. The number of nitriles is 1. The van der Waals surface area contributed by atoms with Crippen molar-refractivity contribution in [1.29, 1.82) is 5.26 Å². The molecule has 0 aromatic heterocycles. The molecule has 5 heteroatoms. The molecule has 0 unspecified atom stereocenters. The van der Waals surface area contributed by atoms with Crippen molar-refractivity contribution in [2.75, 3.05) is 32.2 Å². The Morgan fingerprint density at radius 3 is 3.10 bits per heavy atom. The minimum absolute atomic E-state index is 0.255. The van der Waals surface area contributed by atoms with Crippen LogP contribution in [-0.2, 0) is 9.53 Å². The van der Waals surface area contributed by atoms with Gasteiger partial charge in [-0.3, -0.25) is 4.90 Å². The van der Waals surface area contributed by atoms with E-state index in [1.807, 2.05) is 23.9 Å². The summed E-state index contributed by atoms with van der Waals surface area (Å²) < 4.78 is 4.98. The Balaban J connectivity index is 2.23. The quantitative estimate of drug-likeness (QED) is 0.782. The third kappa shape index (κ3) is 3.78. The van der Waals surface area contributed by atoms with E-state index in [1.54, 1.807) is 12.1 Å². The van der Waals surface area contributed by atoms with Crippen molar-refractivity contribution in [1.82, 2.24) is 4.90 Å². The molecule has 1 aliphatic heterocycles. The van der Waals surface area contributed by atoms with Crippen LogP contribution < -0.4 is 0 Å². The van der Waals surface area contributed by atoms with Gasteiger partial charge in [-0.1, -0.05) is 12.1 Å². The van der Waals surface area contributed by atoms with E-state index in [0.29, 0.717) is 11.5 Å². The molecule has 0 spiro atoms. The Morgan fingerprint density at radius 2 is 2.43 bits per heavy atom. The molecule has 4 nitrogen and oxygen atoms in total. The highest BCUT2D eigenvalue weighted by atomic mass is 32.2. The van der Waals surface area contributed by atoms with Gasteiger partial charge in [-0.05, 0) is 48.6 Å². The first-order valence-electron chi connectivity index (χ1n) is 7.00. The first-order valence-corrected chi connectivity index (χ1v) is 8.39. The highest BCUT2D eigenvalue weighted by molar-refractivity contribution is 7.98. The summed E-state index contributed by atoms with van der Waals surface area (Å²) in [5.41, 5.74) is 1.41. The van der Waals surface area contributed by atoms with E-state index in [-0.39, 0.29) is 5.97 Å². The van der Waals surface area contributed by atoms with Gasteiger partial charge >= 0.3 is 5.97 Å². The number of carbonyl (C=O) groups is 1. The van der Waals surface area contributed by atoms with E-state index >= 15 is 0 Å². The average molecular weight is 304 g/mol. The van der Waals surface area contributed by atoms with Crippen molar-refractivity contribution in [2.45, 2.75) is 12.5 Å². The number of ether oxygens (including phenoxy) is 1. The number of thioether (sulfide) groups is 1. The van der Waals surface area contributed by atoms with Crippen LogP contribution in [0.25, 0.3) is 0 Å². The Kier molecular flexibility index (Phi) is 5.66. The lowest BCUT2D eigenvalue weighted by atomic mass is 10.0. The summed E-state index contributed by atoms with van der Waals surface area (Å²) in [7, 11) is 1.42. The molecule has 2 atom stereocenters. The fraction of sp³-hybridized carbons (Fsp3) is 0.500. The number of hydrogen-bond acceptors (Lipinski definition) is 5. The van der Waals surface area contributed by atoms with Crippen LogP contribution in [0.2, 0.25) is 0 Å². The van der Waals surface area contributed by atoms with Gasteiger partial charge < -0.3 is 4.74 Å². The Morgan fingerprint density at radius 1 is 1.62 bits per heavy atom. The highest BCUT2D eigenvalue weighted by Crippen LogP contribution is 2.30. The maximum absolute atomic E-state index is 12.2. The van der Waals surface area contributed by atoms with Crippen molar-refractivity contribution in [3.8, 4) is 6.07 Å². The van der Waals surface area contributed by atoms with Crippen LogP contribution >= 0.6 is 11.8 Å². The third-order valence-electron chi connectivity index (χ3n) is 3.84. The minimum Gasteiger partial charge on any atom is -0.468 e. The second kappa shape index (κ2) is 7.48. The molecular formula is C16H20N2O2S. The van der Waals surface area contributed by atoms with Crippen LogP contribution in [0.1, 0.15) is 23.6 Å². The number of methoxy groups -OCH3 is 1.